The molecule has 2 rings (SSSR count). The van der Waals surface area contributed by atoms with Crippen LogP contribution in [0.4, 0.5) is 5.69 Å². The van der Waals surface area contributed by atoms with Gasteiger partial charge in [-0.15, -0.1) is 11.8 Å². The van der Waals surface area contributed by atoms with Crippen LogP contribution in [0.1, 0.15) is 19.8 Å². The Morgan fingerprint density at radius 2 is 2.44 bits per heavy atom. The van der Waals surface area contributed by atoms with Gasteiger partial charge in [-0.3, -0.25) is 0 Å². The zero-order valence-corrected chi connectivity index (χ0v) is 11.4. The van der Waals surface area contributed by atoms with Crippen LogP contribution in [0.5, 0.6) is 0 Å². The van der Waals surface area contributed by atoms with Gasteiger partial charge in [-0.05, 0) is 42.5 Å². The SMILES string of the molecule is CCSc1cccc(NC2CCCSC2)c1. The summed E-state index contributed by atoms with van der Waals surface area (Å²) in [4.78, 5) is 1.37. The highest BCUT2D eigenvalue weighted by Gasteiger charge is 2.13. The summed E-state index contributed by atoms with van der Waals surface area (Å²) < 4.78 is 0. The summed E-state index contributed by atoms with van der Waals surface area (Å²) in [5.74, 6) is 3.73. The molecule has 0 saturated carbocycles. The molecule has 16 heavy (non-hydrogen) atoms. The molecule has 1 aromatic carbocycles. The van der Waals surface area contributed by atoms with Crippen molar-refractivity contribution < 1.29 is 0 Å². The van der Waals surface area contributed by atoms with Crippen molar-refractivity contribution in [1.29, 1.82) is 0 Å². The monoisotopic (exact) mass is 253 g/mol. The highest BCUT2D eigenvalue weighted by molar-refractivity contribution is 7.99. The van der Waals surface area contributed by atoms with E-state index < -0.39 is 0 Å². The van der Waals surface area contributed by atoms with Gasteiger partial charge in [0, 0.05) is 22.4 Å². The normalized spacial score (nSPS) is 20.7. The van der Waals surface area contributed by atoms with Crippen molar-refractivity contribution in [1.82, 2.24) is 0 Å². The lowest BCUT2D eigenvalue weighted by Crippen LogP contribution is -2.25. The molecule has 1 aromatic rings. The molecule has 1 heterocycles. The van der Waals surface area contributed by atoms with E-state index in [2.05, 4.69) is 48.3 Å². The van der Waals surface area contributed by atoms with Gasteiger partial charge < -0.3 is 5.32 Å². The van der Waals surface area contributed by atoms with E-state index in [1.807, 2.05) is 11.8 Å². The van der Waals surface area contributed by atoms with Crippen molar-refractivity contribution in [2.24, 2.45) is 0 Å². The first-order valence-corrected chi connectivity index (χ1v) is 8.09. The molecule has 0 amide bonds. The van der Waals surface area contributed by atoms with Crippen LogP contribution in [0, 0.1) is 0 Å². The van der Waals surface area contributed by atoms with E-state index in [4.69, 9.17) is 0 Å². The van der Waals surface area contributed by atoms with Crippen molar-refractivity contribution in [3.05, 3.63) is 24.3 Å². The highest BCUT2D eigenvalue weighted by atomic mass is 32.2. The maximum Gasteiger partial charge on any atom is 0.0353 e. The maximum atomic E-state index is 3.65. The van der Waals surface area contributed by atoms with Gasteiger partial charge in [-0.1, -0.05) is 13.0 Å². The largest absolute Gasteiger partial charge is 0.381 e. The Hall–Kier alpha value is -0.280. The van der Waals surface area contributed by atoms with Gasteiger partial charge >= 0.3 is 0 Å². The molecular formula is C13H19NS2. The first-order chi connectivity index (χ1) is 7.88. The lowest BCUT2D eigenvalue weighted by Gasteiger charge is -2.23. The molecule has 88 valence electrons. The standard InChI is InChI=1S/C13H19NS2/c1-2-16-13-7-3-5-11(9-13)14-12-6-4-8-15-10-12/h3,5,7,9,12,14H,2,4,6,8,10H2,1H3. The second-order valence-corrected chi connectivity index (χ2v) is 6.51. The lowest BCUT2D eigenvalue weighted by atomic mass is 10.2. The predicted octanol–water partition coefficient (Wildman–Crippen LogP) is 4.11. The average Bonchev–Trinajstić information content (AvgIpc) is 2.31. The van der Waals surface area contributed by atoms with Crippen LogP contribution < -0.4 is 5.32 Å². The minimum Gasteiger partial charge on any atom is -0.381 e. The van der Waals surface area contributed by atoms with Gasteiger partial charge in [0.05, 0.1) is 0 Å². The highest BCUT2D eigenvalue weighted by Crippen LogP contribution is 2.24. The minimum absolute atomic E-state index is 0.667. The van der Waals surface area contributed by atoms with Crippen LogP contribution >= 0.6 is 23.5 Å². The quantitative estimate of drug-likeness (QED) is 0.811. The lowest BCUT2D eigenvalue weighted by molar-refractivity contribution is 0.685. The van der Waals surface area contributed by atoms with E-state index >= 15 is 0 Å². The van der Waals surface area contributed by atoms with Crippen molar-refractivity contribution in [3.8, 4) is 0 Å². The molecule has 1 aliphatic heterocycles. The van der Waals surface area contributed by atoms with E-state index in [1.165, 1.54) is 34.9 Å². The molecule has 1 atom stereocenters. The molecule has 1 fully saturated rings. The van der Waals surface area contributed by atoms with Gasteiger partial charge in [-0.25, -0.2) is 0 Å². The van der Waals surface area contributed by atoms with Crippen molar-refractivity contribution >= 4 is 29.2 Å². The Morgan fingerprint density at radius 1 is 1.50 bits per heavy atom. The number of nitrogens with one attached hydrogen (secondary N) is 1. The van der Waals surface area contributed by atoms with E-state index in [0.29, 0.717) is 6.04 Å². The molecule has 0 spiro atoms. The number of thioether (sulfide) groups is 2. The topological polar surface area (TPSA) is 12.0 Å². The van der Waals surface area contributed by atoms with E-state index in [9.17, 15) is 0 Å². The molecule has 1 aliphatic rings. The van der Waals surface area contributed by atoms with Gasteiger partial charge in [0.2, 0.25) is 0 Å². The van der Waals surface area contributed by atoms with Crippen LogP contribution in [-0.2, 0) is 0 Å². The molecule has 1 saturated heterocycles. The first kappa shape index (κ1) is 12.2. The number of hydrogen-bond acceptors (Lipinski definition) is 3. The molecular weight excluding hydrogens is 234 g/mol. The van der Waals surface area contributed by atoms with Gasteiger partial charge in [0.15, 0.2) is 0 Å². The Balaban J connectivity index is 1.94. The smallest absolute Gasteiger partial charge is 0.0353 e. The zero-order valence-electron chi connectivity index (χ0n) is 9.74. The van der Waals surface area contributed by atoms with Gasteiger partial charge in [0.25, 0.3) is 0 Å². The summed E-state index contributed by atoms with van der Waals surface area (Å²) in [5.41, 5.74) is 1.28. The van der Waals surface area contributed by atoms with Gasteiger partial charge in [-0.2, -0.15) is 11.8 Å². The molecule has 0 aromatic heterocycles. The fraction of sp³-hybridized carbons (Fsp3) is 0.538. The third-order valence-corrected chi connectivity index (χ3v) is 4.77. The van der Waals surface area contributed by atoms with Gasteiger partial charge in [0.1, 0.15) is 0 Å². The minimum atomic E-state index is 0.667. The fourth-order valence-electron chi connectivity index (χ4n) is 1.93. The molecule has 1 nitrogen and oxygen atoms in total. The third kappa shape index (κ3) is 3.63. The molecule has 0 aliphatic carbocycles. The second kappa shape index (κ2) is 6.45. The van der Waals surface area contributed by atoms with E-state index in [0.717, 1.165) is 5.75 Å². The first-order valence-electron chi connectivity index (χ1n) is 5.95. The summed E-state index contributed by atoms with van der Waals surface area (Å²) in [6, 6.07) is 9.46. The summed E-state index contributed by atoms with van der Waals surface area (Å²) in [7, 11) is 0. The molecule has 1 unspecified atom stereocenters. The Kier molecular flexibility index (Phi) is 4.91. The number of hydrogen-bond donors (Lipinski definition) is 1. The Labute approximate surface area is 107 Å². The van der Waals surface area contributed by atoms with Crippen LogP contribution in [0.2, 0.25) is 0 Å². The van der Waals surface area contributed by atoms with Crippen molar-refractivity contribution in [3.63, 3.8) is 0 Å². The van der Waals surface area contributed by atoms with Crippen LogP contribution in [-0.4, -0.2) is 23.3 Å². The maximum absolute atomic E-state index is 3.65. The average molecular weight is 253 g/mol. The fourth-order valence-corrected chi connectivity index (χ4v) is 3.72. The molecule has 0 bridgehead atoms. The Bertz CT molecular complexity index is 321. The summed E-state index contributed by atoms with van der Waals surface area (Å²) in [6.07, 6.45) is 2.67. The second-order valence-electron chi connectivity index (χ2n) is 4.02. The molecule has 1 N–H and O–H groups in total. The summed E-state index contributed by atoms with van der Waals surface area (Å²) in [6.45, 7) is 2.20. The van der Waals surface area contributed by atoms with E-state index in [1.54, 1.807) is 0 Å². The predicted molar refractivity (Wildman–Crippen MR) is 76.8 cm³/mol. The Morgan fingerprint density at radius 3 is 3.19 bits per heavy atom. The molecule has 3 heteroatoms. The number of benzene rings is 1. The molecule has 0 radical (unpaired) electrons. The van der Waals surface area contributed by atoms with Crippen molar-refractivity contribution in [2.45, 2.75) is 30.7 Å². The van der Waals surface area contributed by atoms with Crippen LogP contribution in [0.25, 0.3) is 0 Å². The summed E-state index contributed by atoms with van der Waals surface area (Å²) in [5, 5.41) is 3.65. The number of rotatable bonds is 4. The van der Waals surface area contributed by atoms with E-state index in [-0.39, 0.29) is 0 Å². The zero-order chi connectivity index (χ0) is 11.2. The van der Waals surface area contributed by atoms with Crippen molar-refractivity contribution in [2.75, 3.05) is 22.6 Å². The van der Waals surface area contributed by atoms with Crippen LogP contribution in [0.3, 0.4) is 0 Å². The van der Waals surface area contributed by atoms with Crippen LogP contribution in [0.15, 0.2) is 29.2 Å². The third-order valence-electron chi connectivity index (χ3n) is 2.68. The summed E-state index contributed by atoms with van der Waals surface area (Å²) >= 11 is 3.98. The number of anilines is 1.